The van der Waals surface area contributed by atoms with E-state index in [2.05, 4.69) is 23.6 Å². The molecule has 0 spiro atoms. The Morgan fingerprint density at radius 3 is 2.55 bits per heavy atom. The van der Waals surface area contributed by atoms with Crippen LogP contribution in [0, 0.1) is 5.92 Å². The van der Waals surface area contributed by atoms with Gasteiger partial charge < -0.3 is 4.90 Å². The van der Waals surface area contributed by atoms with Gasteiger partial charge in [-0.3, -0.25) is 0 Å². The molecule has 114 valence electrons. The third-order valence-corrected chi connectivity index (χ3v) is 4.40. The van der Waals surface area contributed by atoms with Gasteiger partial charge in [0, 0.05) is 18.8 Å². The molecule has 1 atom stereocenters. The zero-order chi connectivity index (χ0) is 15.3. The first-order valence-electron chi connectivity index (χ1n) is 6.49. The van der Waals surface area contributed by atoms with Crippen LogP contribution in [0.1, 0.15) is 20.3 Å². The minimum Gasteiger partial charge on any atom is -0.308 e. The van der Waals surface area contributed by atoms with Gasteiger partial charge in [0.1, 0.15) is 5.15 Å². The first-order valence-corrected chi connectivity index (χ1v) is 8.35. The Balaban J connectivity index is 2.90. The fourth-order valence-electron chi connectivity index (χ4n) is 2.01. The van der Waals surface area contributed by atoms with Crippen molar-refractivity contribution >= 4 is 21.6 Å². The molecule has 0 aromatic carbocycles. The maximum absolute atomic E-state index is 12.3. The maximum atomic E-state index is 12.3. The van der Waals surface area contributed by atoms with Crippen LogP contribution in [0.25, 0.3) is 0 Å². The zero-order valence-corrected chi connectivity index (χ0v) is 13.9. The molecule has 5 nitrogen and oxygen atoms in total. The summed E-state index contributed by atoms with van der Waals surface area (Å²) >= 11 is 5.74. The lowest BCUT2D eigenvalue weighted by atomic mass is 10.0. The third-order valence-electron chi connectivity index (χ3n) is 2.67. The van der Waals surface area contributed by atoms with E-state index < -0.39 is 10.0 Å². The third kappa shape index (κ3) is 5.75. The van der Waals surface area contributed by atoms with E-state index in [1.807, 2.05) is 19.0 Å². The number of sulfonamides is 1. The summed E-state index contributed by atoms with van der Waals surface area (Å²) in [6.07, 6.45) is 2.16. The number of pyridine rings is 1. The minimum absolute atomic E-state index is 0.137. The van der Waals surface area contributed by atoms with E-state index in [-0.39, 0.29) is 16.1 Å². The van der Waals surface area contributed by atoms with Crippen molar-refractivity contribution in [2.45, 2.75) is 31.2 Å². The highest BCUT2D eigenvalue weighted by Crippen LogP contribution is 2.15. The summed E-state index contributed by atoms with van der Waals surface area (Å²) in [4.78, 5) is 5.91. The Morgan fingerprint density at radius 2 is 2.05 bits per heavy atom. The van der Waals surface area contributed by atoms with E-state index in [1.165, 1.54) is 18.3 Å². The molecule has 0 saturated carbocycles. The number of rotatable bonds is 7. The molecule has 1 rings (SSSR count). The smallest absolute Gasteiger partial charge is 0.241 e. The quantitative estimate of drug-likeness (QED) is 0.781. The van der Waals surface area contributed by atoms with Crippen LogP contribution in [0.4, 0.5) is 0 Å². The Kier molecular flexibility index (Phi) is 6.39. The van der Waals surface area contributed by atoms with Crippen molar-refractivity contribution in [1.29, 1.82) is 0 Å². The summed E-state index contributed by atoms with van der Waals surface area (Å²) in [5.74, 6) is 0.406. The van der Waals surface area contributed by atoms with E-state index in [0.717, 1.165) is 6.42 Å². The summed E-state index contributed by atoms with van der Waals surface area (Å²) in [6.45, 7) is 4.79. The molecule has 1 aromatic rings. The minimum atomic E-state index is -3.57. The second kappa shape index (κ2) is 7.36. The van der Waals surface area contributed by atoms with Crippen LogP contribution < -0.4 is 4.72 Å². The van der Waals surface area contributed by atoms with Gasteiger partial charge in [-0.25, -0.2) is 18.1 Å². The van der Waals surface area contributed by atoms with Crippen LogP contribution in [0.2, 0.25) is 5.15 Å². The molecule has 7 heteroatoms. The first-order chi connectivity index (χ1) is 9.20. The van der Waals surface area contributed by atoms with Crippen LogP contribution in [-0.4, -0.2) is 45.0 Å². The monoisotopic (exact) mass is 319 g/mol. The number of halogens is 1. The molecular weight excluding hydrogens is 298 g/mol. The Labute approximate surface area is 126 Å². The second-order valence-corrected chi connectivity index (χ2v) is 7.63. The largest absolute Gasteiger partial charge is 0.308 e. The summed E-state index contributed by atoms with van der Waals surface area (Å²) in [7, 11) is 0.269. The Hall–Kier alpha value is -0.690. The molecule has 0 amide bonds. The van der Waals surface area contributed by atoms with Crippen LogP contribution in [0.15, 0.2) is 23.2 Å². The van der Waals surface area contributed by atoms with E-state index in [0.29, 0.717) is 12.5 Å². The molecule has 1 heterocycles. The van der Waals surface area contributed by atoms with Gasteiger partial charge in [-0.1, -0.05) is 25.4 Å². The molecule has 0 aliphatic carbocycles. The lowest BCUT2D eigenvalue weighted by molar-refractivity contribution is 0.329. The average Bonchev–Trinajstić information content (AvgIpc) is 2.26. The summed E-state index contributed by atoms with van der Waals surface area (Å²) < 4.78 is 27.4. The molecular formula is C13H22ClN3O2S. The fourth-order valence-corrected chi connectivity index (χ4v) is 3.50. The number of hydrogen-bond donors (Lipinski definition) is 1. The molecule has 1 aromatic heterocycles. The fraction of sp³-hybridized carbons (Fsp3) is 0.615. The van der Waals surface area contributed by atoms with E-state index >= 15 is 0 Å². The van der Waals surface area contributed by atoms with Gasteiger partial charge >= 0.3 is 0 Å². The van der Waals surface area contributed by atoms with Crippen molar-refractivity contribution in [2.75, 3.05) is 20.6 Å². The Morgan fingerprint density at radius 1 is 1.40 bits per heavy atom. The van der Waals surface area contributed by atoms with Gasteiger partial charge in [0.25, 0.3) is 0 Å². The van der Waals surface area contributed by atoms with Crippen LogP contribution in [0.5, 0.6) is 0 Å². The van der Waals surface area contributed by atoms with Crippen molar-refractivity contribution in [3.05, 3.63) is 23.5 Å². The molecule has 20 heavy (non-hydrogen) atoms. The van der Waals surface area contributed by atoms with E-state index in [9.17, 15) is 8.42 Å². The van der Waals surface area contributed by atoms with Crippen molar-refractivity contribution in [3.8, 4) is 0 Å². The molecule has 1 unspecified atom stereocenters. The highest BCUT2D eigenvalue weighted by Gasteiger charge is 2.21. The van der Waals surface area contributed by atoms with Crippen molar-refractivity contribution in [2.24, 2.45) is 5.92 Å². The van der Waals surface area contributed by atoms with Crippen LogP contribution >= 0.6 is 11.6 Å². The second-order valence-electron chi connectivity index (χ2n) is 5.52. The number of aromatic nitrogens is 1. The van der Waals surface area contributed by atoms with Gasteiger partial charge in [-0.15, -0.1) is 0 Å². The van der Waals surface area contributed by atoms with Crippen molar-refractivity contribution in [1.82, 2.24) is 14.6 Å². The first kappa shape index (κ1) is 17.4. The van der Waals surface area contributed by atoms with E-state index in [1.54, 1.807) is 0 Å². The van der Waals surface area contributed by atoms with Crippen molar-refractivity contribution in [3.63, 3.8) is 0 Å². The highest BCUT2D eigenvalue weighted by molar-refractivity contribution is 7.89. The lowest BCUT2D eigenvalue weighted by Gasteiger charge is -2.23. The van der Waals surface area contributed by atoms with Crippen molar-refractivity contribution < 1.29 is 8.42 Å². The van der Waals surface area contributed by atoms with Gasteiger partial charge in [-0.05, 0) is 38.6 Å². The van der Waals surface area contributed by atoms with Gasteiger partial charge in [-0.2, -0.15) is 0 Å². The highest BCUT2D eigenvalue weighted by atomic mass is 35.5. The Bertz CT molecular complexity index is 522. The number of likely N-dealkylation sites (N-methyl/N-ethyl adjacent to an activating group) is 1. The standard InChI is InChI=1S/C13H22ClN3O2S/c1-10(2)7-11(9-17(3)4)16-20(18,19)12-5-6-15-13(14)8-12/h5-6,8,10-11,16H,7,9H2,1-4H3. The summed E-state index contributed by atoms with van der Waals surface area (Å²) in [5.41, 5.74) is 0. The summed E-state index contributed by atoms with van der Waals surface area (Å²) in [6, 6.07) is 2.66. The molecule has 0 radical (unpaired) electrons. The number of hydrogen-bond acceptors (Lipinski definition) is 4. The predicted octanol–water partition coefficient (Wildman–Crippen LogP) is 1.99. The molecule has 0 aliphatic rings. The normalized spacial score (nSPS) is 13.9. The van der Waals surface area contributed by atoms with Gasteiger partial charge in [0.2, 0.25) is 10.0 Å². The predicted molar refractivity (Wildman–Crippen MR) is 81.4 cm³/mol. The molecule has 0 bridgehead atoms. The van der Waals surface area contributed by atoms with Gasteiger partial charge in [0.05, 0.1) is 4.90 Å². The zero-order valence-electron chi connectivity index (χ0n) is 12.3. The van der Waals surface area contributed by atoms with E-state index in [4.69, 9.17) is 11.6 Å². The van der Waals surface area contributed by atoms with Crippen LogP contribution in [-0.2, 0) is 10.0 Å². The maximum Gasteiger partial charge on any atom is 0.241 e. The average molecular weight is 320 g/mol. The molecule has 1 N–H and O–H groups in total. The molecule has 0 aliphatic heterocycles. The number of nitrogens with zero attached hydrogens (tertiary/aromatic N) is 2. The topological polar surface area (TPSA) is 62.3 Å². The summed E-state index contributed by atoms with van der Waals surface area (Å²) in [5, 5.41) is 0.167. The number of nitrogens with one attached hydrogen (secondary N) is 1. The SMILES string of the molecule is CC(C)CC(CN(C)C)NS(=O)(=O)c1ccnc(Cl)c1. The lowest BCUT2D eigenvalue weighted by Crippen LogP contribution is -2.42. The molecule has 0 saturated heterocycles. The molecule has 0 fully saturated rings. The van der Waals surface area contributed by atoms with Gasteiger partial charge in [0.15, 0.2) is 0 Å². The van der Waals surface area contributed by atoms with Crippen LogP contribution in [0.3, 0.4) is 0 Å².